The van der Waals surface area contributed by atoms with Gasteiger partial charge in [-0.05, 0) is 41.5 Å². The van der Waals surface area contributed by atoms with Crippen molar-refractivity contribution in [3.05, 3.63) is 64.1 Å². The van der Waals surface area contributed by atoms with E-state index in [9.17, 15) is 9.59 Å². The molecule has 0 fully saturated rings. The highest BCUT2D eigenvalue weighted by Crippen LogP contribution is 2.21. The van der Waals surface area contributed by atoms with Gasteiger partial charge in [-0.1, -0.05) is 34.1 Å². The maximum atomic E-state index is 11.8. The maximum Gasteiger partial charge on any atom is 0.341 e. The van der Waals surface area contributed by atoms with E-state index in [1.165, 1.54) is 18.0 Å². The summed E-state index contributed by atoms with van der Waals surface area (Å²) in [5, 5.41) is 12.5. The van der Waals surface area contributed by atoms with Crippen LogP contribution in [-0.4, -0.2) is 35.6 Å². The van der Waals surface area contributed by atoms with Crippen LogP contribution in [0.25, 0.3) is 0 Å². The normalized spacial score (nSPS) is 10.7. The van der Waals surface area contributed by atoms with Gasteiger partial charge in [-0.3, -0.25) is 4.79 Å². The number of nitrogens with zero attached hydrogens (tertiary/aromatic N) is 1. The van der Waals surface area contributed by atoms with Crippen LogP contribution in [0, 0.1) is 0 Å². The van der Waals surface area contributed by atoms with Crippen LogP contribution in [0.15, 0.2) is 58.1 Å². The van der Waals surface area contributed by atoms with E-state index in [0.29, 0.717) is 11.5 Å². The second-order valence-corrected chi connectivity index (χ2v) is 6.97. The standard InChI is InChI=1S/C18H17BrN2O4S/c19-16-4-2-1-3-14(16)11-26-12-17(22)21-20-9-13-5-7-15(8-6-13)25-10-18(23)24/h1-9H,10-12H2,(H,21,22)(H,23,24). The van der Waals surface area contributed by atoms with Gasteiger partial charge in [0.15, 0.2) is 6.61 Å². The van der Waals surface area contributed by atoms with Gasteiger partial charge >= 0.3 is 5.97 Å². The number of carboxylic acids is 1. The number of rotatable bonds is 9. The highest BCUT2D eigenvalue weighted by Gasteiger charge is 2.03. The summed E-state index contributed by atoms with van der Waals surface area (Å²) < 4.78 is 6.06. The molecule has 0 atom stereocenters. The fourth-order valence-electron chi connectivity index (χ4n) is 1.88. The van der Waals surface area contributed by atoms with Gasteiger partial charge in [0.2, 0.25) is 5.91 Å². The Morgan fingerprint density at radius 1 is 1.19 bits per heavy atom. The molecule has 2 aromatic carbocycles. The summed E-state index contributed by atoms with van der Waals surface area (Å²) in [4.78, 5) is 22.2. The number of carboxylic acid groups (broad SMARTS) is 1. The van der Waals surface area contributed by atoms with E-state index in [4.69, 9.17) is 9.84 Å². The molecule has 0 aliphatic rings. The Balaban J connectivity index is 1.71. The fourth-order valence-corrected chi connectivity index (χ4v) is 3.31. The van der Waals surface area contributed by atoms with Crippen LogP contribution in [0.4, 0.5) is 0 Å². The Bertz CT molecular complexity index is 781. The first kappa shape index (κ1) is 20.0. The number of aliphatic carboxylic acids is 1. The number of benzene rings is 2. The van der Waals surface area contributed by atoms with E-state index in [0.717, 1.165) is 21.4 Å². The van der Waals surface area contributed by atoms with Gasteiger partial charge < -0.3 is 9.84 Å². The van der Waals surface area contributed by atoms with Crippen LogP contribution in [-0.2, 0) is 15.3 Å². The maximum absolute atomic E-state index is 11.8. The lowest BCUT2D eigenvalue weighted by Crippen LogP contribution is -2.19. The zero-order valence-electron chi connectivity index (χ0n) is 13.7. The predicted octanol–water partition coefficient (Wildman–Crippen LogP) is 3.30. The SMILES string of the molecule is O=C(O)COc1ccc(C=NNC(=O)CSCc2ccccc2Br)cc1. The zero-order valence-corrected chi connectivity index (χ0v) is 16.1. The molecular weight excluding hydrogens is 420 g/mol. The average molecular weight is 437 g/mol. The Morgan fingerprint density at radius 2 is 1.92 bits per heavy atom. The van der Waals surface area contributed by atoms with Crippen molar-refractivity contribution < 1.29 is 19.4 Å². The summed E-state index contributed by atoms with van der Waals surface area (Å²) in [7, 11) is 0. The van der Waals surface area contributed by atoms with Crippen molar-refractivity contribution in [2.75, 3.05) is 12.4 Å². The van der Waals surface area contributed by atoms with E-state index in [-0.39, 0.29) is 12.5 Å². The van der Waals surface area contributed by atoms with Crippen molar-refractivity contribution in [2.45, 2.75) is 5.75 Å². The molecule has 2 N–H and O–H groups in total. The number of halogens is 1. The number of hydrogen-bond acceptors (Lipinski definition) is 5. The Kier molecular flexibility index (Phi) is 8.17. The van der Waals surface area contributed by atoms with Gasteiger partial charge in [0.1, 0.15) is 5.75 Å². The van der Waals surface area contributed by atoms with Crippen molar-refractivity contribution in [3.8, 4) is 5.75 Å². The van der Waals surface area contributed by atoms with Crippen LogP contribution < -0.4 is 10.2 Å². The number of amides is 1. The predicted molar refractivity (Wildman–Crippen MR) is 106 cm³/mol. The highest BCUT2D eigenvalue weighted by atomic mass is 79.9. The lowest BCUT2D eigenvalue weighted by atomic mass is 10.2. The van der Waals surface area contributed by atoms with Gasteiger partial charge in [-0.15, -0.1) is 11.8 Å². The molecule has 0 spiro atoms. The molecule has 0 bridgehead atoms. The molecule has 0 heterocycles. The van der Waals surface area contributed by atoms with Crippen LogP contribution >= 0.6 is 27.7 Å². The third-order valence-electron chi connectivity index (χ3n) is 3.09. The molecule has 1 amide bonds. The van der Waals surface area contributed by atoms with E-state index >= 15 is 0 Å². The van der Waals surface area contributed by atoms with Gasteiger partial charge in [0.05, 0.1) is 12.0 Å². The molecule has 0 unspecified atom stereocenters. The van der Waals surface area contributed by atoms with Gasteiger partial charge in [-0.25, -0.2) is 10.2 Å². The molecule has 0 aliphatic carbocycles. The van der Waals surface area contributed by atoms with Crippen LogP contribution in [0.3, 0.4) is 0 Å². The number of carbonyl (C=O) groups excluding carboxylic acids is 1. The molecule has 26 heavy (non-hydrogen) atoms. The van der Waals surface area contributed by atoms with Crippen molar-refractivity contribution >= 4 is 45.8 Å². The number of nitrogens with one attached hydrogen (secondary N) is 1. The van der Waals surface area contributed by atoms with Gasteiger partial charge in [0.25, 0.3) is 0 Å². The minimum atomic E-state index is -1.03. The molecule has 2 rings (SSSR count). The Labute approximate surface area is 163 Å². The summed E-state index contributed by atoms with van der Waals surface area (Å²) >= 11 is 4.98. The first-order valence-corrected chi connectivity index (χ1v) is 9.57. The molecule has 0 saturated heterocycles. The lowest BCUT2D eigenvalue weighted by Gasteiger charge is -2.04. The van der Waals surface area contributed by atoms with E-state index in [1.54, 1.807) is 24.3 Å². The Morgan fingerprint density at radius 3 is 2.62 bits per heavy atom. The van der Waals surface area contributed by atoms with Crippen molar-refractivity contribution in [1.29, 1.82) is 0 Å². The number of thioether (sulfide) groups is 1. The molecule has 0 aromatic heterocycles. The molecule has 6 nitrogen and oxygen atoms in total. The molecule has 0 saturated carbocycles. The highest BCUT2D eigenvalue weighted by molar-refractivity contribution is 9.10. The fraction of sp³-hybridized carbons (Fsp3) is 0.167. The summed E-state index contributed by atoms with van der Waals surface area (Å²) in [6.07, 6.45) is 1.51. The van der Waals surface area contributed by atoms with E-state index in [1.807, 2.05) is 24.3 Å². The number of hydrazone groups is 1. The number of hydrogen-bond donors (Lipinski definition) is 2. The van der Waals surface area contributed by atoms with Crippen LogP contribution in [0.5, 0.6) is 5.75 Å². The van der Waals surface area contributed by atoms with Gasteiger partial charge in [0, 0.05) is 10.2 Å². The summed E-state index contributed by atoms with van der Waals surface area (Å²) in [5.41, 5.74) is 4.37. The Hall–Kier alpha value is -2.32. The van der Waals surface area contributed by atoms with E-state index in [2.05, 4.69) is 26.5 Å². The average Bonchev–Trinajstić information content (AvgIpc) is 2.62. The van der Waals surface area contributed by atoms with Crippen LogP contribution in [0.1, 0.15) is 11.1 Å². The van der Waals surface area contributed by atoms with Crippen molar-refractivity contribution in [1.82, 2.24) is 5.43 Å². The first-order chi connectivity index (χ1) is 12.5. The minimum Gasteiger partial charge on any atom is -0.482 e. The summed E-state index contributed by atoms with van der Waals surface area (Å²) in [6, 6.07) is 14.6. The molecule has 136 valence electrons. The smallest absolute Gasteiger partial charge is 0.341 e. The number of ether oxygens (including phenoxy) is 1. The minimum absolute atomic E-state index is 0.181. The molecule has 2 aromatic rings. The lowest BCUT2D eigenvalue weighted by molar-refractivity contribution is -0.139. The molecule has 0 aliphatic heterocycles. The van der Waals surface area contributed by atoms with Crippen LogP contribution in [0.2, 0.25) is 0 Å². The largest absolute Gasteiger partial charge is 0.482 e. The first-order valence-electron chi connectivity index (χ1n) is 7.62. The number of carbonyl (C=O) groups is 2. The topological polar surface area (TPSA) is 88.0 Å². The molecule has 0 radical (unpaired) electrons. The quantitative estimate of drug-likeness (QED) is 0.464. The third-order valence-corrected chi connectivity index (χ3v) is 4.85. The second-order valence-electron chi connectivity index (χ2n) is 5.13. The van der Waals surface area contributed by atoms with Crippen molar-refractivity contribution in [2.24, 2.45) is 5.10 Å². The molecule has 8 heteroatoms. The zero-order chi connectivity index (χ0) is 18.8. The van der Waals surface area contributed by atoms with E-state index < -0.39 is 5.97 Å². The van der Waals surface area contributed by atoms with Crippen molar-refractivity contribution in [3.63, 3.8) is 0 Å². The summed E-state index contributed by atoms with van der Waals surface area (Å²) in [6.45, 7) is -0.388. The van der Waals surface area contributed by atoms with Gasteiger partial charge in [-0.2, -0.15) is 5.10 Å². The molecular formula is C18H17BrN2O4S. The summed E-state index contributed by atoms with van der Waals surface area (Å²) in [5.74, 6) is 0.282. The third kappa shape index (κ3) is 7.28. The monoisotopic (exact) mass is 436 g/mol. The second kappa shape index (κ2) is 10.6.